The molecule has 1 aliphatic heterocycles. The lowest BCUT2D eigenvalue weighted by atomic mass is 9.97. The summed E-state index contributed by atoms with van der Waals surface area (Å²) in [6, 6.07) is 5.80. The fourth-order valence-electron chi connectivity index (χ4n) is 2.98. The highest BCUT2D eigenvalue weighted by Crippen LogP contribution is 2.23. The van der Waals surface area contributed by atoms with Crippen molar-refractivity contribution in [2.24, 2.45) is 5.92 Å². The van der Waals surface area contributed by atoms with Crippen LogP contribution in [0.2, 0.25) is 0 Å². The summed E-state index contributed by atoms with van der Waals surface area (Å²) in [7, 11) is -3.35. The summed E-state index contributed by atoms with van der Waals surface area (Å²) < 4.78 is 28.0. The number of hydrogen-bond acceptors (Lipinski definition) is 5. The van der Waals surface area contributed by atoms with Crippen molar-refractivity contribution in [3.63, 3.8) is 0 Å². The zero-order valence-corrected chi connectivity index (χ0v) is 16.4. The average Bonchev–Trinajstić information content (AvgIpc) is 3.26. The van der Waals surface area contributed by atoms with Gasteiger partial charge in [0.15, 0.2) is 0 Å². The lowest BCUT2D eigenvalue weighted by Crippen LogP contribution is -2.38. The molecule has 0 bridgehead atoms. The van der Waals surface area contributed by atoms with Crippen LogP contribution in [0.3, 0.4) is 0 Å². The highest BCUT2D eigenvalue weighted by molar-refractivity contribution is 7.91. The Balaban J connectivity index is 1.46. The summed E-state index contributed by atoms with van der Waals surface area (Å²) in [5.74, 6) is 0.434. The van der Waals surface area contributed by atoms with Gasteiger partial charge in [0.1, 0.15) is 4.21 Å². The molecular weight excluding hydrogens is 360 g/mol. The van der Waals surface area contributed by atoms with E-state index in [0.717, 1.165) is 43.8 Å². The lowest BCUT2D eigenvalue weighted by Gasteiger charge is -2.31. The van der Waals surface area contributed by atoms with Gasteiger partial charge in [-0.25, -0.2) is 13.1 Å². The standard InChI is InChI=1S/C17H24N2O2S3/c1-2-16-3-4-17(23-16)24(20,21)18-11-14-5-8-19(9-6-14)12-15-7-10-22-13-15/h3-4,7,10,13-14,18H,2,5-6,8-9,11-12H2,1H3. The van der Waals surface area contributed by atoms with Gasteiger partial charge in [-0.2, -0.15) is 11.3 Å². The number of hydrogen-bond donors (Lipinski definition) is 1. The second-order valence-electron chi connectivity index (χ2n) is 6.28. The topological polar surface area (TPSA) is 49.4 Å². The first-order chi connectivity index (χ1) is 11.6. The molecule has 1 aliphatic rings. The Morgan fingerprint density at radius 3 is 2.67 bits per heavy atom. The molecule has 3 heterocycles. The van der Waals surface area contributed by atoms with Crippen molar-refractivity contribution < 1.29 is 8.42 Å². The van der Waals surface area contributed by atoms with Gasteiger partial charge in [0.25, 0.3) is 0 Å². The van der Waals surface area contributed by atoms with Crippen molar-refractivity contribution in [3.8, 4) is 0 Å². The van der Waals surface area contributed by atoms with E-state index in [1.807, 2.05) is 13.0 Å². The zero-order valence-electron chi connectivity index (χ0n) is 13.9. The molecule has 0 amide bonds. The average molecular weight is 385 g/mol. The largest absolute Gasteiger partial charge is 0.299 e. The van der Waals surface area contributed by atoms with Crippen LogP contribution in [0.15, 0.2) is 33.2 Å². The predicted molar refractivity (Wildman–Crippen MR) is 101 cm³/mol. The summed E-state index contributed by atoms with van der Waals surface area (Å²) in [6.07, 6.45) is 2.98. The monoisotopic (exact) mass is 384 g/mol. The Labute approximate surface area is 152 Å². The molecule has 0 saturated carbocycles. The molecular formula is C17H24N2O2S3. The highest BCUT2D eigenvalue weighted by atomic mass is 32.2. The first-order valence-electron chi connectivity index (χ1n) is 8.38. The van der Waals surface area contributed by atoms with Crippen molar-refractivity contribution in [3.05, 3.63) is 39.4 Å². The zero-order chi connectivity index (χ0) is 17.0. The van der Waals surface area contributed by atoms with Crippen LogP contribution in [-0.4, -0.2) is 33.0 Å². The summed E-state index contributed by atoms with van der Waals surface area (Å²) in [5, 5.41) is 4.32. The third-order valence-corrected chi connectivity index (χ3v) is 8.38. The highest BCUT2D eigenvalue weighted by Gasteiger charge is 2.22. The van der Waals surface area contributed by atoms with Crippen molar-refractivity contribution >= 4 is 32.7 Å². The molecule has 3 rings (SSSR count). The van der Waals surface area contributed by atoms with Crippen LogP contribution in [0.1, 0.15) is 30.2 Å². The summed E-state index contributed by atoms with van der Waals surface area (Å²) in [4.78, 5) is 3.57. The first-order valence-corrected chi connectivity index (χ1v) is 11.6. The van der Waals surface area contributed by atoms with Gasteiger partial charge in [-0.1, -0.05) is 6.92 Å². The van der Waals surface area contributed by atoms with Crippen LogP contribution in [0, 0.1) is 5.92 Å². The normalized spacial score (nSPS) is 17.4. The van der Waals surface area contributed by atoms with E-state index < -0.39 is 10.0 Å². The molecule has 0 aromatic carbocycles. The van der Waals surface area contributed by atoms with Gasteiger partial charge >= 0.3 is 0 Å². The number of nitrogens with one attached hydrogen (secondary N) is 1. The number of rotatable bonds is 7. The van der Waals surface area contributed by atoms with E-state index >= 15 is 0 Å². The molecule has 0 aliphatic carbocycles. The molecule has 0 atom stereocenters. The van der Waals surface area contributed by atoms with Crippen LogP contribution in [0.25, 0.3) is 0 Å². The van der Waals surface area contributed by atoms with Crippen LogP contribution in [-0.2, 0) is 23.0 Å². The van der Waals surface area contributed by atoms with Crippen molar-refractivity contribution in [1.29, 1.82) is 0 Å². The number of likely N-dealkylation sites (tertiary alicyclic amines) is 1. The summed E-state index contributed by atoms with van der Waals surface area (Å²) >= 11 is 3.11. The molecule has 2 aromatic heterocycles. The quantitative estimate of drug-likeness (QED) is 0.794. The van der Waals surface area contributed by atoms with Gasteiger partial charge in [-0.05, 0) is 72.8 Å². The number of sulfonamides is 1. The van der Waals surface area contributed by atoms with Crippen LogP contribution < -0.4 is 4.72 Å². The predicted octanol–water partition coefficient (Wildman–Crippen LogP) is 3.56. The van der Waals surface area contributed by atoms with E-state index in [1.54, 1.807) is 17.4 Å². The van der Waals surface area contributed by atoms with Gasteiger partial charge in [0.2, 0.25) is 10.0 Å². The second-order valence-corrected chi connectivity index (χ2v) is 10.2. The molecule has 0 spiro atoms. The summed E-state index contributed by atoms with van der Waals surface area (Å²) in [6.45, 7) is 5.69. The SMILES string of the molecule is CCc1ccc(S(=O)(=O)NCC2CCN(Cc3ccsc3)CC2)s1. The lowest BCUT2D eigenvalue weighted by molar-refractivity contribution is 0.179. The maximum Gasteiger partial charge on any atom is 0.250 e. The molecule has 1 fully saturated rings. The number of thiophene rings is 2. The van der Waals surface area contributed by atoms with Crippen LogP contribution in [0.5, 0.6) is 0 Å². The molecule has 2 aromatic rings. The third kappa shape index (κ3) is 4.67. The first kappa shape index (κ1) is 18.1. The molecule has 24 heavy (non-hydrogen) atoms. The van der Waals surface area contributed by atoms with Gasteiger partial charge in [-0.3, -0.25) is 4.90 Å². The fraction of sp³-hybridized carbons (Fsp3) is 0.529. The van der Waals surface area contributed by atoms with E-state index in [-0.39, 0.29) is 0 Å². The Morgan fingerprint density at radius 2 is 2.04 bits per heavy atom. The smallest absolute Gasteiger partial charge is 0.250 e. The maximum absolute atomic E-state index is 12.4. The summed E-state index contributed by atoms with van der Waals surface area (Å²) in [5.41, 5.74) is 1.38. The van der Waals surface area contributed by atoms with Crippen molar-refractivity contribution in [1.82, 2.24) is 9.62 Å². The molecule has 0 radical (unpaired) electrons. The number of nitrogens with zero attached hydrogens (tertiary/aromatic N) is 1. The Bertz CT molecular complexity index is 730. The van der Waals surface area contributed by atoms with Crippen LogP contribution in [0.4, 0.5) is 0 Å². The number of aryl methyl sites for hydroxylation is 1. The Morgan fingerprint density at radius 1 is 1.25 bits per heavy atom. The molecule has 7 heteroatoms. The minimum absolute atomic E-state index is 0.434. The molecule has 132 valence electrons. The van der Waals surface area contributed by atoms with E-state index in [1.165, 1.54) is 16.9 Å². The van der Waals surface area contributed by atoms with Gasteiger partial charge < -0.3 is 0 Å². The second kappa shape index (κ2) is 8.10. The Hall–Kier alpha value is -0.730. The third-order valence-electron chi connectivity index (χ3n) is 4.51. The fourth-order valence-corrected chi connectivity index (χ4v) is 6.10. The maximum atomic E-state index is 12.4. The van der Waals surface area contributed by atoms with E-state index in [2.05, 4.69) is 26.4 Å². The van der Waals surface area contributed by atoms with Crippen LogP contribution >= 0.6 is 22.7 Å². The molecule has 1 N–H and O–H groups in total. The van der Waals surface area contributed by atoms with Gasteiger partial charge in [-0.15, -0.1) is 11.3 Å². The Kier molecular flexibility index (Phi) is 6.10. The molecule has 4 nitrogen and oxygen atoms in total. The molecule has 0 unspecified atom stereocenters. The minimum Gasteiger partial charge on any atom is -0.299 e. The van der Waals surface area contributed by atoms with Crippen molar-refractivity contribution in [2.45, 2.75) is 36.9 Å². The minimum atomic E-state index is -3.35. The van der Waals surface area contributed by atoms with E-state index in [0.29, 0.717) is 16.7 Å². The van der Waals surface area contributed by atoms with Crippen molar-refractivity contribution in [2.75, 3.05) is 19.6 Å². The number of piperidine rings is 1. The van der Waals surface area contributed by atoms with E-state index in [4.69, 9.17) is 0 Å². The van der Waals surface area contributed by atoms with Gasteiger partial charge in [0, 0.05) is 18.0 Å². The van der Waals surface area contributed by atoms with E-state index in [9.17, 15) is 8.42 Å². The van der Waals surface area contributed by atoms with Gasteiger partial charge in [0.05, 0.1) is 0 Å². The molecule has 1 saturated heterocycles.